The summed E-state index contributed by atoms with van der Waals surface area (Å²) >= 11 is 0. The molecule has 0 spiro atoms. The minimum absolute atomic E-state index is 0.0411. The molecule has 0 radical (unpaired) electrons. The van der Waals surface area contributed by atoms with E-state index in [1.807, 2.05) is 84.6 Å². The van der Waals surface area contributed by atoms with Crippen molar-refractivity contribution in [2.45, 2.75) is 16.7 Å². The van der Waals surface area contributed by atoms with Crippen molar-refractivity contribution in [3.8, 4) is 46.0 Å². The van der Waals surface area contributed by atoms with Crippen molar-refractivity contribution < 1.29 is 57.8 Å². The van der Waals surface area contributed by atoms with Gasteiger partial charge in [0, 0.05) is 69.9 Å². The molecule has 9 aromatic rings. The lowest BCUT2D eigenvalue weighted by Crippen LogP contribution is -2.64. The summed E-state index contributed by atoms with van der Waals surface area (Å²) in [4.78, 5) is -1.11. The Balaban J connectivity index is 1.05. The molecule has 0 unspecified atom stereocenters. The second-order valence-electron chi connectivity index (χ2n) is 19.8. The minimum Gasteiger partial charge on any atom is -0.458 e. The first-order valence-corrected chi connectivity index (χ1v) is 27.7. The molecule has 6 heterocycles. The van der Waals surface area contributed by atoms with E-state index in [0.717, 1.165) is 33.3 Å². The molecular formula is C55H31B3F10N2O4S2. The summed E-state index contributed by atoms with van der Waals surface area (Å²) in [5, 5.41) is 0. The number of benzene rings is 9. The summed E-state index contributed by atoms with van der Waals surface area (Å²) in [6.07, 6.45) is 0. The van der Waals surface area contributed by atoms with Crippen LogP contribution in [0.1, 0.15) is 5.56 Å². The molecule has 0 bridgehead atoms. The molecular weight excluding hydrogens is 1040 g/mol. The zero-order valence-electron chi connectivity index (χ0n) is 39.0. The SMILES string of the molecule is Cc1cc2c3c(c1)N(c1ccccc1)c1cc4c(cc1B3c1ccccc1O2)B1c2cc3c(cc2N(c2ccccc2)c2cc(S(F)(F)(F)(F)F)cc(c21)O4)Oc1cc(S(F)(F)(F)(F)F)cc2c1B3c1ccccc1O2. The van der Waals surface area contributed by atoms with Crippen molar-refractivity contribution in [3.05, 3.63) is 175 Å². The van der Waals surface area contributed by atoms with E-state index in [2.05, 4.69) is 0 Å². The highest BCUT2D eigenvalue weighted by molar-refractivity contribution is 8.46. The molecule has 15 rings (SSSR count). The van der Waals surface area contributed by atoms with Gasteiger partial charge in [-0.15, -0.1) is 0 Å². The molecule has 0 N–H and O–H groups in total. The molecule has 0 atom stereocenters. The molecule has 0 amide bonds. The van der Waals surface area contributed by atoms with Gasteiger partial charge in [-0.2, -0.15) is 0 Å². The Morgan fingerprint density at radius 1 is 0.316 bits per heavy atom. The first kappa shape index (κ1) is 45.4. The van der Waals surface area contributed by atoms with Crippen molar-refractivity contribution in [2.24, 2.45) is 0 Å². The van der Waals surface area contributed by atoms with Crippen LogP contribution in [0.5, 0.6) is 46.0 Å². The molecule has 0 fully saturated rings. The van der Waals surface area contributed by atoms with Crippen LogP contribution in [0.3, 0.4) is 0 Å². The lowest BCUT2D eigenvalue weighted by Gasteiger charge is -2.46. The Morgan fingerprint density at radius 2 is 0.684 bits per heavy atom. The van der Waals surface area contributed by atoms with Crippen LogP contribution in [0.25, 0.3) is 0 Å². The van der Waals surface area contributed by atoms with Crippen LogP contribution in [0.4, 0.5) is 73.0 Å². The number of halogens is 10. The van der Waals surface area contributed by atoms with Crippen molar-refractivity contribution in [2.75, 3.05) is 9.80 Å². The van der Waals surface area contributed by atoms with E-state index >= 15 is 19.4 Å². The normalized spacial score (nSPS) is 16.5. The molecule has 0 aliphatic carbocycles. The van der Waals surface area contributed by atoms with Gasteiger partial charge in [0.15, 0.2) is 0 Å². The first-order chi connectivity index (χ1) is 35.8. The standard InChI is InChI=1S/C55H31B3F10N2O4S2/c1-30-20-43-53-49(21-30)71-45-18-10-8-16-35(45)56(53)37-26-40-48(28-41(37)69(43)31-12-4-2-5-13-31)73-50-23-33(75(59,60,61,62)63)22-44-54(50)58(40)38-27-39-47(29-42(38)70(44)32-14-6-3-7-15-32)74-52-25-34(76(64,65,66,67)68)24-51-55(52)57(39)36-17-9-11-19-46(36)72-51/h2-29H,1H3. The zero-order chi connectivity index (χ0) is 52.3. The van der Waals surface area contributed by atoms with Crippen LogP contribution in [0, 0.1) is 6.92 Å². The molecule has 0 saturated carbocycles. The van der Waals surface area contributed by atoms with E-state index in [1.54, 1.807) is 60.7 Å². The van der Waals surface area contributed by atoms with Gasteiger partial charge in [0.1, 0.15) is 55.8 Å². The number of nitrogens with zero attached hydrogens (tertiary/aromatic N) is 2. The van der Waals surface area contributed by atoms with Gasteiger partial charge in [0.05, 0.1) is 0 Å². The minimum atomic E-state index is -10.5. The maximum absolute atomic E-state index is 15.5. The molecule has 376 valence electrons. The van der Waals surface area contributed by atoms with Crippen molar-refractivity contribution in [3.63, 3.8) is 0 Å². The summed E-state index contributed by atoms with van der Waals surface area (Å²) < 4.78 is 177. The van der Waals surface area contributed by atoms with Gasteiger partial charge in [-0.05, 0) is 111 Å². The fourth-order valence-corrected chi connectivity index (χ4v) is 13.4. The van der Waals surface area contributed by atoms with E-state index < -0.39 is 67.6 Å². The van der Waals surface area contributed by atoms with Crippen molar-refractivity contribution in [1.82, 2.24) is 0 Å². The molecule has 6 aliphatic rings. The van der Waals surface area contributed by atoms with E-state index in [1.165, 1.54) is 17.0 Å². The number of rotatable bonds is 4. The Kier molecular flexibility index (Phi) is 8.06. The Labute approximate surface area is 427 Å². The number of aryl methyl sites for hydroxylation is 1. The zero-order valence-corrected chi connectivity index (χ0v) is 40.7. The van der Waals surface area contributed by atoms with E-state index in [-0.39, 0.29) is 57.4 Å². The third kappa shape index (κ3) is 6.57. The summed E-state index contributed by atoms with van der Waals surface area (Å²) in [5.74, 6) is -0.309. The summed E-state index contributed by atoms with van der Waals surface area (Å²) in [6.45, 7) is -0.594. The lowest BCUT2D eigenvalue weighted by atomic mass is 9.30. The van der Waals surface area contributed by atoms with Crippen LogP contribution in [-0.2, 0) is 0 Å². The maximum atomic E-state index is 15.5. The average Bonchev–Trinajstić information content (AvgIpc) is 3.56. The Hall–Kier alpha value is -8.03. The number of para-hydroxylation sites is 4. The van der Waals surface area contributed by atoms with Crippen LogP contribution in [0.2, 0.25) is 0 Å². The first-order valence-electron chi connectivity index (χ1n) is 23.8. The Bertz CT molecular complexity index is 4170. The second kappa shape index (κ2) is 13.5. The molecule has 76 heavy (non-hydrogen) atoms. The molecule has 6 nitrogen and oxygen atoms in total. The Morgan fingerprint density at radius 3 is 1.16 bits per heavy atom. The predicted octanol–water partition coefficient (Wildman–Crippen LogP) is 12.8. The van der Waals surface area contributed by atoms with Crippen LogP contribution < -0.4 is 77.9 Å². The van der Waals surface area contributed by atoms with Crippen LogP contribution in [-0.4, -0.2) is 20.1 Å². The van der Waals surface area contributed by atoms with E-state index in [0.29, 0.717) is 51.2 Å². The van der Waals surface area contributed by atoms with Gasteiger partial charge in [-0.25, -0.2) is 0 Å². The number of fused-ring (bicyclic) bond motifs is 12. The van der Waals surface area contributed by atoms with Gasteiger partial charge < -0.3 is 28.7 Å². The quantitative estimate of drug-likeness (QED) is 0.129. The van der Waals surface area contributed by atoms with Crippen molar-refractivity contribution in [1.29, 1.82) is 0 Å². The fourth-order valence-electron chi connectivity index (χ4n) is 12.1. The molecule has 0 saturated heterocycles. The topological polar surface area (TPSA) is 43.4 Å². The monoisotopic (exact) mass is 1070 g/mol. The van der Waals surface area contributed by atoms with E-state index in [9.17, 15) is 19.4 Å². The fraction of sp³-hybridized carbons (Fsp3) is 0.0182. The third-order valence-corrected chi connectivity index (χ3v) is 17.3. The lowest BCUT2D eigenvalue weighted by molar-refractivity contribution is 0.359. The maximum Gasteiger partial charge on any atom is 0.310 e. The highest BCUT2D eigenvalue weighted by atomic mass is 32.5. The molecule has 21 heteroatoms. The summed E-state index contributed by atoms with van der Waals surface area (Å²) in [5.41, 5.74) is 7.30. The largest absolute Gasteiger partial charge is 0.458 e. The van der Waals surface area contributed by atoms with Crippen LogP contribution in [0.15, 0.2) is 180 Å². The second-order valence-corrected chi connectivity index (χ2v) is 24.7. The smallest absolute Gasteiger partial charge is 0.310 e. The van der Waals surface area contributed by atoms with Crippen molar-refractivity contribution >= 4 is 124 Å². The molecule has 9 aromatic carbocycles. The van der Waals surface area contributed by atoms with Gasteiger partial charge in [0.2, 0.25) is 0 Å². The van der Waals surface area contributed by atoms with Gasteiger partial charge in [0.25, 0.3) is 20.1 Å². The molecule has 0 aromatic heterocycles. The highest BCUT2D eigenvalue weighted by Gasteiger charge is 2.67. The number of hydrogen-bond acceptors (Lipinski definition) is 6. The van der Waals surface area contributed by atoms with E-state index in [4.69, 9.17) is 18.9 Å². The summed E-state index contributed by atoms with van der Waals surface area (Å²) in [7, 11) is -20.9. The molecule has 6 aliphatic heterocycles. The number of anilines is 6. The van der Waals surface area contributed by atoms with Crippen LogP contribution >= 0.6 is 20.4 Å². The third-order valence-electron chi connectivity index (χ3n) is 15.1. The number of ether oxygens (including phenoxy) is 4. The predicted molar refractivity (Wildman–Crippen MR) is 283 cm³/mol. The average molecular weight is 1070 g/mol. The highest BCUT2D eigenvalue weighted by Crippen LogP contribution is 3.03. The summed E-state index contributed by atoms with van der Waals surface area (Å²) in [6, 6.07) is 43.6. The number of hydrogen-bond donors (Lipinski definition) is 0. The van der Waals surface area contributed by atoms with Gasteiger partial charge in [-0.1, -0.05) is 124 Å². The van der Waals surface area contributed by atoms with Gasteiger partial charge >= 0.3 is 20.4 Å². The van der Waals surface area contributed by atoms with Gasteiger partial charge in [-0.3, -0.25) is 0 Å².